The molecule has 0 aliphatic rings. The Balaban J connectivity index is 1.47. The van der Waals surface area contributed by atoms with Crippen LogP contribution in [0.1, 0.15) is 26.7 Å². The topological polar surface area (TPSA) is 98.9 Å². The van der Waals surface area contributed by atoms with Crippen LogP contribution >= 0.6 is 0 Å². The number of hydrogen-bond donors (Lipinski definition) is 1. The number of amides is 1. The standard InChI is InChI=1S/C24H25N5O3/c1-16(2)9-11-28-15-26-21-8-7-17(13-19(21)24(28)32)27-22(30)10-12-29-14-25-20-6-4-3-5-18(20)23(29)31/h3-8,13-16H,9-12H2,1-2H3,(H,27,30). The molecule has 1 N–H and O–H groups in total. The minimum atomic E-state index is -0.256. The van der Waals surface area contributed by atoms with Crippen LogP contribution in [0.2, 0.25) is 0 Å². The lowest BCUT2D eigenvalue weighted by molar-refractivity contribution is -0.116. The molecule has 0 bridgehead atoms. The summed E-state index contributed by atoms with van der Waals surface area (Å²) in [7, 11) is 0. The van der Waals surface area contributed by atoms with Crippen molar-refractivity contribution in [1.82, 2.24) is 19.1 Å². The fourth-order valence-electron chi connectivity index (χ4n) is 3.50. The summed E-state index contributed by atoms with van der Waals surface area (Å²) in [4.78, 5) is 46.5. The van der Waals surface area contributed by atoms with E-state index in [2.05, 4.69) is 29.1 Å². The van der Waals surface area contributed by atoms with E-state index in [0.717, 1.165) is 6.42 Å². The van der Waals surface area contributed by atoms with E-state index in [1.807, 2.05) is 6.07 Å². The first kappa shape index (κ1) is 21.4. The number of nitrogens with zero attached hydrogens (tertiary/aromatic N) is 4. The maximum atomic E-state index is 12.8. The van der Waals surface area contributed by atoms with Crippen molar-refractivity contribution < 1.29 is 4.79 Å². The van der Waals surface area contributed by atoms with Gasteiger partial charge < -0.3 is 5.32 Å². The van der Waals surface area contributed by atoms with Gasteiger partial charge in [0.15, 0.2) is 0 Å². The van der Waals surface area contributed by atoms with Gasteiger partial charge in [0.2, 0.25) is 5.91 Å². The number of rotatable bonds is 7. The Kier molecular flexibility index (Phi) is 6.11. The van der Waals surface area contributed by atoms with Gasteiger partial charge in [0.05, 0.1) is 34.5 Å². The van der Waals surface area contributed by atoms with Gasteiger partial charge in [-0.25, -0.2) is 9.97 Å². The number of carbonyl (C=O) groups is 1. The summed E-state index contributed by atoms with van der Waals surface area (Å²) in [6, 6.07) is 12.2. The predicted octanol–water partition coefficient (Wildman–Crippen LogP) is 3.18. The molecule has 0 aliphatic carbocycles. The fraction of sp³-hybridized carbons (Fsp3) is 0.292. The van der Waals surface area contributed by atoms with Crippen molar-refractivity contribution in [1.29, 1.82) is 0 Å². The molecule has 2 aromatic heterocycles. The minimum Gasteiger partial charge on any atom is -0.326 e. The highest BCUT2D eigenvalue weighted by molar-refractivity contribution is 5.93. The summed E-state index contributed by atoms with van der Waals surface area (Å²) in [5.74, 6) is 0.224. The third-order valence-corrected chi connectivity index (χ3v) is 5.37. The molecule has 4 aromatic rings. The molecular formula is C24H25N5O3. The summed E-state index contributed by atoms with van der Waals surface area (Å²) < 4.78 is 3.03. The number of aromatic nitrogens is 4. The van der Waals surface area contributed by atoms with Crippen LogP contribution in [-0.2, 0) is 17.9 Å². The molecule has 8 nitrogen and oxygen atoms in total. The zero-order valence-electron chi connectivity index (χ0n) is 18.1. The van der Waals surface area contributed by atoms with Gasteiger partial charge in [0.25, 0.3) is 11.1 Å². The number of hydrogen-bond acceptors (Lipinski definition) is 5. The highest BCUT2D eigenvalue weighted by Gasteiger charge is 2.10. The second-order valence-corrected chi connectivity index (χ2v) is 8.22. The van der Waals surface area contributed by atoms with Crippen molar-refractivity contribution in [2.75, 3.05) is 5.32 Å². The second-order valence-electron chi connectivity index (χ2n) is 8.22. The zero-order valence-corrected chi connectivity index (χ0v) is 18.1. The van der Waals surface area contributed by atoms with Crippen LogP contribution in [0.5, 0.6) is 0 Å². The fourth-order valence-corrected chi connectivity index (χ4v) is 3.50. The Bertz CT molecular complexity index is 1400. The van der Waals surface area contributed by atoms with E-state index in [1.165, 1.54) is 10.9 Å². The molecule has 164 valence electrons. The van der Waals surface area contributed by atoms with Crippen LogP contribution in [0.25, 0.3) is 21.8 Å². The number of carbonyl (C=O) groups excluding carboxylic acids is 1. The Morgan fingerprint density at radius 3 is 2.31 bits per heavy atom. The van der Waals surface area contributed by atoms with Crippen LogP contribution in [0.3, 0.4) is 0 Å². The van der Waals surface area contributed by atoms with Crippen molar-refractivity contribution in [3.63, 3.8) is 0 Å². The molecule has 0 saturated carbocycles. The van der Waals surface area contributed by atoms with Gasteiger partial charge in [0, 0.05) is 25.2 Å². The summed E-state index contributed by atoms with van der Waals surface area (Å²) in [5, 5.41) is 3.79. The van der Waals surface area contributed by atoms with Gasteiger partial charge in [-0.2, -0.15) is 0 Å². The largest absolute Gasteiger partial charge is 0.326 e. The first-order chi connectivity index (χ1) is 15.4. The third-order valence-electron chi connectivity index (χ3n) is 5.37. The van der Waals surface area contributed by atoms with Crippen LogP contribution in [0.15, 0.2) is 64.7 Å². The number of fused-ring (bicyclic) bond motifs is 2. The molecule has 0 aliphatic heterocycles. The van der Waals surface area contributed by atoms with Crippen LogP contribution in [0, 0.1) is 5.92 Å². The second kappa shape index (κ2) is 9.13. The maximum Gasteiger partial charge on any atom is 0.261 e. The van der Waals surface area contributed by atoms with Gasteiger partial charge in [0.1, 0.15) is 0 Å². The van der Waals surface area contributed by atoms with Gasteiger partial charge in [-0.1, -0.05) is 26.0 Å². The first-order valence-corrected chi connectivity index (χ1v) is 10.7. The van der Waals surface area contributed by atoms with Crippen molar-refractivity contribution in [2.24, 2.45) is 5.92 Å². The predicted molar refractivity (Wildman–Crippen MR) is 125 cm³/mol. The van der Waals surface area contributed by atoms with Gasteiger partial charge >= 0.3 is 0 Å². The lowest BCUT2D eigenvalue weighted by atomic mass is 10.1. The SMILES string of the molecule is CC(C)CCn1cnc2ccc(NC(=O)CCn3cnc4ccccc4c3=O)cc2c1=O. The highest BCUT2D eigenvalue weighted by atomic mass is 16.2. The Hall–Kier alpha value is -3.81. The molecule has 0 fully saturated rings. The quantitative estimate of drug-likeness (QED) is 0.485. The number of aryl methyl sites for hydroxylation is 2. The number of para-hydroxylation sites is 1. The molecule has 32 heavy (non-hydrogen) atoms. The smallest absolute Gasteiger partial charge is 0.261 e. The monoisotopic (exact) mass is 431 g/mol. The van der Waals surface area contributed by atoms with Crippen molar-refractivity contribution in [3.8, 4) is 0 Å². The maximum absolute atomic E-state index is 12.8. The lowest BCUT2D eigenvalue weighted by Crippen LogP contribution is -2.24. The van der Waals surface area contributed by atoms with E-state index in [1.54, 1.807) is 47.3 Å². The first-order valence-electron chi connectivity index (χ1n) is 10.7. The summed E-state index contributed by atoms with van der Waals surface area (Å²) >= 11 is 0. The lowest BCUT2D eigenvalue weighted by Gasteiger charge is -2.10. The summed E-state index contributed by atoms with van der Waals surface area (Å²) in [6.07, 6.45) is 4.01. The molecule has 0 atom stereocenters. The van der Waals surface area contributed by atoms with E-state index in [-0.39, 0.29) is 30.0 Å². The molecule has 1 amide bonds. The minimum absolute atomic E-state index is 0.101. The van der Waals surface area contributed by atoms with Gasteiger partial charge in [-0.05, 0) is 42.7 Å². The molecule has 0 unspecified atom stereocenters. The molecule has 8 heteroatoms. The van der Waals surface area contributed by atoms with Crippen molar-refractivity contribution >= 4 is 33.4 Å². The molecule has 2 heterocycles. The molecule has 2 aromatic carbocycles. The van der Waals surface area contributed by atoms with Crippen molar-refractivity contribution in [2.45, 2.75) is 39.8 Å². The van der Waals surface area contributed by atoms with Crippen LogP contribution in [0.4, 0.5) is 5.69 Å². The van der Waals surface area contributed by atoms with E-state index in [0.29, 0.717) is 40.0 Å². The average Bonchev–Trinajstić information content (AvgIpc) is 2.78. The van der Waals surface area contributed by atoms with E-state index in [4.69, 9.17) is 0 Å². The van der Waals surface area contributed by atoms with E-state index < -0.39 is 0 Å². The van der Waals surface area contributed by atoms with Gasteiger partial charge in [-0.15, -0.1) is 0 Å². The van der Waals surface area contributed by atoms with Crippen LogP contribution < -0.4 is 16.4 Å². The van der Waals surface area contributed by atoms with Crippen molar-refractivity contribution in [3.05, 3.63) is 75.8 Å². The average molecular weight is 431 g/mol. The highest BCUT2D eigenvalue weighted by Crippen LogP contribution is 2.15. The van der Waals surface area contributed by atoms with Gasteiger partial charge in [-0.3, -0.25) is 23.5 Å². The van der Waals surface area contributed by atoms with Crippen LogP contribution in [-0.4, -0.2) is 25.0 Å². The Morgan fingerprint density at radius 1 is 0.906 bits per heavy atom. The van der Waals surface area contributed by atoms with E-state index >= 15 is 0 Å². The normalized spacial score (nSPS) is 11.3. The zero-order chi connectivity index (χ0) is 22.7. The molecular weight excluding hydrogens is 406 g/mol. The number of benzene rings is 2. The Morgan fingerprint density at radius 2 is 1.56 bits per heavy atom. The Labute approximate surface area is 184 Å². The number of nitrogens with one attached hydrogen (secondary N) is 1. The molecule has 0 radical (unpaired) electrons. The summed E-state index contributed by atoms with van der Waals surface area (Å²) in [5.41, 5.74) is 1.43. The molecule has 4 rings (SSSR count). The molecule has 0 saturated heterocycles. The van der Waals surface area contributed by atoms with E-state index in [9.17, 15) is 14.4 Å². The number of anilines is 1. The summed E-state index contributed by atoms with van der Waals surface area (Å²) in [6.45, 7) is 5.02. The third kappa shape index (κ3) is 4.59. The molecule has 0 spiro atoms.